The number of ether oxygens (including phenoxy) is 2. The summed E-state index contributed by atoms with van der Waals surface area (Å²) in [6.45, 7) is 0.403. The molecule has 34 heavy (non-hydrogen) atoms. The van der Waals surface area contributed by atoms with E-state index >= 15 is 0 Å². The van der Waals surface area contributed by atoms with Crippen LogP contribution < -0.4 is 25.0 Å². The maximum Gasteiger partial charge on any atom is 0.421 e. The standard InChI is InChI=1S/C23H21ClN4O5S/c1-25-20(29)12-5-7-16(15(24)10-12)28(3)23(31)33-22-27-19-14-6-4-13(21(30)26-2)11-17(14)32-9-8-18(19)34-22/h4-7,10-11H,8-9H2,1-3H3,(H,25,29)(H,26,30). The predicted molar refractivity (Wildman–Crippen MR) is 129 cm³/mol. The SMILES string of the molecule is CNC(=O)c1ccc(N(C)C(=O)Oc2nc3c(s2)CCOc2cc(C(=O)NC)ccc2-3)c(Cl)c1. The first-order chi connectivity index (χ1) is 16.3. The van der Waals surface area contributed by atoms with Crippen molar-refractivity contribution in [1.82, 2.24) is 15.6 Å². The molecule has 3 aromatic rings. The van der Waals surface area contributed by atoms with Gasteiger partial charge in [0.25, 0.3) is 17.0 Å². The minimum atomic E-state index is -0.676. The average Bonchev–Trinajstić information content (AvgIpc) is 3.16. The molecule has 0 bridgehead atoms. The molecule has 4 rings (SSSR count). The first-order valence-corrected chi connectivity index (χ1v) is 11.5. The van der Waals surface area contributed by atoms with Crippen molar-refractivity contribution in [3.63, 3.8) is 0 Å². The number of thiazole rings is 1. The van der Waals surface area contributed by atoms with Crippen molar-refractivity contribution in [2.75, 3.05) is 32.6 Å². The van der Waals surface area contributed by atoms with Crippen molar-refractivity contribution in [1.29, 1.82) is 0 Å². The van der Waals surface area contributed by atoms with Gasteiger partial charge in [0.1, 0.15) is 5.75 Å². The number of aromatic nitrogens is 1. The minimum absolute atomic E-state index is 0.184. The Kier molecular flexibility index (Phi) is 6.71. The van der Waals surface area contributed by atoms with E-state index in [-0.39, 0.29) is 22.0 Å². The Hall–Kier alpha value is -3.63. The molecule has 9 nitrogen and oxygen atoms in total. The molecule has 0 radical (unpaired) electrons. The number of fused-ring (bicyclic) bond motifs is 3. The Balaban J connectivity index is 1.56. The highest BCUT2D eigenvalue weighted by Gasteiger charge is 2.25. The molecule has 0 saturated carbocycles. The molecule has 2 aromatic carbocycles. The highest BCUT2D eigenvalue weighted by atomic mass is 35.5. The number of amides is 3. The van der Waals surface area contributed by atoms with Crippen molar-refractivity contribution in [2.45, 2.75) is 6.42 Å². The van der Waals surface area contributed by atoms with E-state index in [0.717, 1.165) is 10.4 Å². The number of halogens is 1. The molecule has 1 aromatic heterocycles. The fraction of sp³-hybridized carbons (Fsp3) is 0.217. The third-order valence-electron chi connectivity index (χ3n) is 5.24. The summed E-state index contributed by atoms with van der Waals surface area (Å²) < 4.78 is 11.3. The maximum absolute atomic E-state index is 12.8. The summed E-state index contributed by atoms with van der Waals surface area (Å²) in [5.41, 5.74) is 2.62. The quantitative estimate of drug-likeness (QED) is 0.564. The van der Waals surface area contributed by atoms with Gasteiger partial charge in [-0.25, -0.2) is 9.78 Å². The van der Waals surface area contributed by atoms with Crippen LogP contribution in [0.5, 0.6) is 10.9 Å². The number of nitrogens with zero attached hydrogens (tertiary/aromatic N) is 2. The molecule has 0 atom stereocenters. The molecule has 0 saturated heterocycles. The van der Waals surface area contributed by atoms with E-state index in [9.17, 15) is 14.4 Å². The first kappa shape index (κ1) is 23.5. The van der Waals surface area contributed by atoms with Gasteiger partial charge in [-0.3, -0.25) is 14.5 Å². The molecule has 0 unspecified atom stereocenters. The van der Waals surface area contributed by atoms with Gasteiger partial charge in [-0.15, -0.1) is 0 Å². The fourth-order valence-corrected chi connectivity index (χ4v) is 4.64. The van der Waals surface area contributed by atoms with Gasteiger partial charge in [-0.2, -0.15) is 0 Å². The molecule has 0 fully saturated rings. The van der Waals surface area contributed by atoms with Crippen LogP contribution in [0.3, 0.4) is 0 Å². The number of rotatable bonds is 4. The summed E-state index contributed by atoms with van der Waals surface area (Å²) >= 11 is 7.55. The Morgan fingerprint density at radius 3 is 2.44 bits per heavy atom. The lowest BCUT2D eigenvalue weighted by atomic mass is 10.1. The third-order valence-corrected chi connectivity index (χ3v) is 6.53. The number of carbonyl (C=O) groups excluding carboxylic acids is 3. The van der Waals surface area contributed by atoms with Crippen LogP contribution >= 0.6 is 22.9 Å². The van der Waals surface area contributed by atoms with Gasteiger partial charge in [-0.05, 0) is 36.4 Å². The molecule has 2 N–H and O–H groups in total. The van der Waals surface area contributed by atoms with Crippen LogP contribution in [-0.4, -0.2) is 50.6 Å². The van der Waals surface area contributed by atoms with Crippen LogP contribution in [0.25, 0.3) is 11.3 Å². The van der Waals surface area contributed by atoms with Gasteiger partial charge in [-0.1, -0.05) is 22.9 Å². The number of anilines is 1. The Labute approximate surface area is 204 Å². The largest absolute Gasteiger partial charge is 0.492 e. The smallest absolute Gasteiger partial charge is 0.421 e. The highest BCUT2D eigenvalue weighted by Crippen LogP contribution is 2.40. The molecular weight excluding hydrogens is 480 g/mol. The second-order valence-electron chi connectivity index (χ2n) is 7.31. The number of nitrogens with one attached hydrogen (secondary N) is 2. The van der Waals surface area contributed by atoms with E-state index in [1.807, 2.05) is 0 Å². The van der Waals surface area contributed by atoms with E-state index in [0.29, 0.717) is 41.3 Å². The average molecular weight is 501 g/mol. The highest BCUT2D eigenvalue weighted by molar-refractivity contribution is 7.14. The monoisotopic (exact) mass is 500 g/mol. The Morgan fingerprint density at radius 1 is 1.09 bits per heavy atom. The normalized spacial score (nSPS) is 11.9. The van der Waals surface area contributed by atoms with Crippen molar-refractivity contribution in [2.24, 2.45) is 0 Å². The van der Waals surface area contributed by atoms with E-state index in [1.165, 1.54) is 36.4 Å². The lowest BCUT2D eigenvalue weighted by Crippen LogP contribution is -2.29. The van der Waals surface area contributed by atoms with Crippen LogP contribution in [-0.2, 0) is 6.42 Å². The third kappa shape index (κ3) is 4.55. The maximum atomic E-state index is 12.8. The topological polar surface area (TPSA) is 110 Å². The molecule has 0 spiro atoms. The number of hydrogen-bond acceptors (Lipinski definition) is 7. The number of benzene rings is 2. The first-order valence-electron chi connectivity index (χ1n) is 10.3. The predicted octanol–water partition coefficient (Wildman–Crippen LogP) is 3.75. The van der Waals surface area contributed by atoms with Crippen molar-refractivity contribution >= 4 is 46.5 Å². The lowest BCUT2D eigenvalue weighted by Gasteiger charge is -2.17. The molecular formula is C23H21ClN4O5S. The fourth-order valence-electron chi connectivity index (χ4n) is 3.44. The van der Waals surface area contributed by atoms with Gasteiger partial charge in [0.2, 0.25) is 0 Å². The number of hydrogen-bond donors (Lipinski definition) is 2. The Bertz CT molecular complexity index is 1290. The molecule has 11 heteroatoms. The van der Waals surface area contributed by atoms with Gasteiger partial charge >= 0.3 is 6.09 Å². The van der Waals surface area contributed by atoms with E-state index in [4.69, 9.17) is 21.1 Å². The zero-order valence-electron chi connectivity index (χ0n) is 18.6. The van der Waals surface area contributed by atoms with E-state index in [2.05, 4.69) is 15.6 Å². The van der Waals surface area contributed by atoms with Crippen LogP contribution in [0.15, 0.2) is 36.4 Å². The molecule has 1 aliphatic rings. The van der Waals surface area contributed by atoms with Crippen LogP contribution in [0.1, 0.15) is 25.6 Å². The van der Waals surface area contributed by atoms with Gasteiger partial charge in [0.05, 0.1) is 23.0 Å². The Morgan fingerprint density at radius 2 is 1.76 bits per heavy atom. The molecule has 2 heterocycles. The summed E-state index contributed by atoms with van der Waals surface area (Å²) in [6.07, 6.45) is -0.0955. The minimum Gasteiger partial charge on any atom is -0.492 e. The van der Waals surface area contributed by atoms with Gasteiger partial charge in [0, 0.05) is 49.1 Å². The van der Waals surface area contributed by atoms with Crippen LogP contribution in [0, 0.1) is 0 Å². The van der Waals surface area contributed by atoms with Crippen molar-refractivity contribution < 1.29 is 23.9 Å². The second-order valence-corrected chi connectivity index (χ2v) is 8.77. The lowest BCUT2D eigenvalue weighted by molar-refractivity contribution is 0.0955. The summed E-state index contributed by atoms with van der Waals surface area (Å²) in [5, 5.41) is 5.52. The zero-order chi connectivity index (χ0) is 24.4. The number of carbonyl (C=O) groups is 3. The summed E-state index contributed by atoms with van der Waals surface area (Å²) in [4.78, 5) is 43.2. The van der Waals surface area contributed by atoms with Gasteiger partial charge < -0.3 is 20.1 Å². The van der Waals surface area contributed by atoms with Crippen LogP contribution in [0.2, 0.25) is 5.02 Å². The summed E-state index contributed by atoms with van der Waals surface area (Å²) in [5.74, 6) is 0.0478. The summed E-state index contributed by atoms with van der Waals surface area (Å²) in [7, 11) is 4.61. The van der Waals surface area contributed by atoms with Crippen molar-refractivity contribution in [3.8, 4) is 22.2 Å². The van der Waals surface area contributed by atoms with Crippen LogP contribution in [0.4, 0.5) is 10.5 Å². The van der Waals surface area contributed by atoms with E-state index < -0.39 is 6.09 Å². The van der Waals surface area contributed by atoms with Gasteiger partial charge in [0.15, 0.2) is 0 Å². The molecule has 3 amide bonds. The van der Waals surface area contributed by atoms with Crippen molar-refractivity contribution in [3.05, 3.63) is 57.4 Å². The van der Waals surface area contributed by atoms with E-state index in [1.54, 1.807) is 37.4 Å². The summed E-state index contributed by atoms with van der Waals surface area (Å²) in [6, 6.07) is 9.76. The molecule has 1 aliphatic heterocycles. The molecule has 176 valence electrons. The second kappa shape index (κ2) is 9.70. The zero-order valence-corrected chi connectivity index (χ0v) is 20.2. The molecule has 0 aliphatic carbocycles.